The van der Waals surface area contributed by atoms with Gasteiger partial charge in [-0.3, -0.25) is 0 Å². The third-order valence-electron chi connectivity index (χ3n) is 3.22. The van der Waals surface area contributed by atoms with Crippen molar-refractivity contribution in [1.82, 2.24) is 14.8 Å². The van der Waals surface area contributed by atoms with Crippen molar-refractivity contribution in [2.24, 2.45) is 5.73 Å². The third kappa shape index (κ3) is 2.40. The van der Waals surface area contributed by atoms with Gasteiger partial charge in [0, 0.05) is 30.5 Å². The molecule has 0 bridgehead atoms. The van der Waals surface area contributed by atoms with Crippen LogP contribution in [0.2, 0.25) is 5.02 Å². The van der Waals surface area contributed by atoms with E-state index >= 15 is 0 Å². The summed E-state index contributed by atoms with van der Waals surface area (Å²) in [6.07, 6.45) is 2.55. The lowest BCUT2D eigenvalue weighted by atomic mass is 10.1. The van der Waals surface area contributed by atoms with E-state index < -0.39 is 0 Å². The Hall–Kier alpha value is -1.39. The molecule has 2 N–H and O–H groups in total. The van der Waals surface area contributed by atoms with Crippen molar-refractivity contribution in [3.63, 3.8) is 0 Å². The molecule has 2 heterocycles. The van der Waals surface area contributed by atoms with E-state index in [2.05, 4.69) is 10.1 Å². The Morgan fingerprint density at radius 3 is 2.89 bits per heavy atom. The highest BCUT2D eigenvalue weighted by Gasteiger charge is 2.18. The largest absolute Gasteiger partial charge is 0.327 e. The first-order valence-corrected chi connectivity index (χ1v) is 6.51. The van der Waals surface area contributed by atoms with E-state index in [1.807, 2.05) is 28.9 Å². The second kappa shape index (κ2) is 4.71. The SMILES string of the molecule is NC1CCn2nc(Cc3ccc(Cl)cc3)nc2C1. The van der Waals surface area contributed by atoms with Gasteiger partial charge in [0.2, 0.25) is 0 Å². The average Bonchev–Trinajstić information content (AvgIpc) is 2.73. The Morgan fingerprint density at radius 1 is 1.33 bits per heavy atom. The number of hydrogen-bond acceptors (Lipinski definition) is 3. The van der Waals surface area contributed by atoms with Gasteiger partial charge >= 0.3 is 0 Å². The third-order valence-corrected chi connectivity index (χ3v) is 3.48. The van der Waals surface area contributed by atoms with Gasteiger partial charge < -0.3 is 5.73 Å². The minimum atomic E-state index is 0.227. The lowest BCUT2D eigenvalue weighted by Crippen LogP contribution is -2.31. The summed E-state index contributed by atoms with van der Waals surface area (Å²) >= 11 is 5.86. The van der Waals surface area contributed by atoms with Gasteiger partial charge in [-0.15, -0.1) is 0 Å². The van der Waals surface area contributed by atoms with Gasteiger partial charge in [0.1, 0.15) is 5.82 Å². The lowest BCUT2D eigenvalue weighted by molar-refractivity contribution is 0.432. The number of aryl methyl sites for hydroxylation is 1. The topological polar surface area (TPSA) is 56.7 Å². The molecule has 94 valence electrons. The highest BCUT2D eigenvalue weighted by molar-refractivity contribution is 6.30. The first-order chi connectivity index (χ1) is 8.70. The summed E-state index contributed by atoms with van der Waals surface area (Å²) in [4.78, 5) is 4.56. The van der Waals surface area contributed by atoms with Crippen molar-refractivity contribution in [3.8, 4) is 0 Å². The zero-order valence-electron chi connectivity index (χ0n) is 10.0. The van der Waals surface area contributed by atoms with Crippen LogP contribution in [0.1, 0.15) is 23.6 Å². The number of fused-ring (bicyclic) bond motifs is 1. The second-order valence-electron chi connectivity index (χ2n) is 4.72. The molecule has 3 rings (SSSR count). The molecule has 1 aromatic carbocycles. The molecule has 0 fully saturated rings. The lowest BCUT2D eigenvalue weighted by Gasteiger charge is -2.17. The van der Waals surface area contributed by atoms with E-state index in [4.69, 9.17) is 17.3 Å². The van der Waals surface area contributed by atoms with Crippen LogP contribution in [-0.4, -0.2) is 20.8 Å². The van der Waals surface area contributed by atoms with Crippen molar-refractivity contribution in [3.05, 3.63) is 46.5 Å². The maximum Gasteiger partial charge on any atom is 0.155 e. The average molecular weight is 263 g/mol. The molecular formula is C13H15ClN4. The summed E-state index contributed by atoms with van der Waals surface area (Å²) in [5.41, 5.74) is 7.11. The van der Waals surface area contributed by atoms with E-state index in [0.717, 1.165) is 42.5 Å². The van der Waals surface area contributed by atoms with Crippen molar-refractivity contribution >= 4 is 11.6 Å². The van der Waals surface area contributed by atoms with E-state index in [9.17, 15) is 0 Å². The molecule has 1 aliphatic heterocycles. The number of benzene rings is 1. The number of halogens is 1. The van der Waals surface area contributed by atoms with Gasteiger partial charge in [-0.05, 0) is 24.1 Å². The van der Waals surface area contributed by atoms with Crippen molar-refractivity contribution in [2.75, 3.05) is 0 Å². The molecule has 4 nitrogen and oxygen atoms in total. The van der Waals surface area contributed by atoms with E-state index in [1.165, 1.54) is 5.56 Å². The maximum atomic E-state index is 5.93. The smallest absolute Gasteiger partial charge is 0.155 e. The summed E-state index contributed by atoms with van der Waals surface area (Å²) in [6, 6.07) is 8.03. The Morgan fingerprint density at radius 2 is 2.11 bits per heavy atom. The molecule has 5 heteroatoms. The quantitative estimate of drug-likeness (QED) is 0.898. The Balaban J connectivity index is 1.79. The Kier molecular flexibility index (Phi) is 3.06. The predicted molar refractivity (Wildman–Crippen MR) is 70.6 cm³/mol. The normalized spacial score (nSPS) is 18.7. The fourth-order valence-electron chi connectivity index (χ4n) is 2.24. The van der Waals surface area contributed by atoms with Crippen LogP contribution in [0.3, 0.4) is 0 Å². The monoisotopic (exact) mass is 262 g/mol. The van der Waals surface area contributed by atoms with Crippen LogP contribution in [0.5, 0.6) is 0 Å². The van der Waals surface area contributed by atoms with Gasteiger partial charge in [0.15, 0.2) is 5.82 Å². The fraction of sp³-hybridized carbons (Fsp3) is 0.385. The van der Waals surface area contributed by atoms with Crippen LogP contribution >= 0.6 is 11.6 Å². The van der Waals surface area contributed by atoms with Gasteiger partial charge in [-0.25, -0.2) is 9.67 Å². The summed E-state index contributed by atoms with van der Waals surface area (Å²) in [6.45, 7) is 0.879. The summed E-state index contributed by atoms with van der Waals surface area (Å²) in [7, 11) is 0. The van der Waals surface area contributed by atoms with Crippen LogP contribution < -0.4 is 5.73 Å². The highest BCUT2D eigenvalue weighted by atomic mass is 35.5. The summed E-state index contributed by atoms with van der Waals surface area (Å²) < 4.78 is 1.98. The molecule has 0 spiro atoms. The summed E-state index contributed by atoms with van der Waals surface area (Å²) in [5, 5.41) is 5.27. The molecule has 0 saturated carbocycles. The van der Waals surface area contributed by atoms with E-state index in [0.29, 0.717) is 0 Å². The number of nitrogens with zero attached hydrogens (tertiary/aromatic N) is 3. The van der Waals surface area contributed by atoms with Crippen molar-refractivity contribution < 1.29 is 0 Å². The van der Waals surface area contributed by atoms with E-state index in [-0.39, 0.29) is 6.04 Å². The van der Waals surface area contributed by atoms with Crippen LogP contribution in [-0.2, 0) is 19.4 Å². The minimum absolute atomic E-state index is 0.227. The van der Waals surface area contributed by atoms with Crippen molar-refractivity contribution in [1.29, 1.82) is 0 Å². The predicted octanol–water partition coefficient (Wildman–Crippen LogP) is 1.80. The zero-order valence-corrected chi connectivity index (χ0v) is 10.8. The molecule has 0 radical (unpaired) electrons. The minimum Gasteiger partial charge on any atom is -0.327 e. The molecular weight excluding hydrogens is 248 g/mol. The molecule has 0 amide bonds. The standard InChI is InChI=1S/C13H15ClN4/c14-10-3-1-9(2-4-10)7-12-16-13-8-11(15)5-6-18(13)17-12/h1-4,11H,5-8,15H2. The number of nitrogens with two attached hydrogens (primary N) is 1. The van der Waals surface area contributed by atoms with Gasteiger partial charge in [-0.2, -0.15) is 5.10 Å². The van der Waals surface area contributed by atoms with Gasteiger partial charge in [0.25, 0.3) is 0 Å². The van der Waals surface area contributed by atoms with Crippen LogP contribution in [0.15, 0.2) is 24.3 Å². The molecule has 0 aliphatic carbocycles. The Labute approximate surface area is 111 Å². The van der Waals surface area contributed by atoms with Crippen LogP contribution in [0.25, 0.3) is 0 Å². The molecule has 0 saturated heterocycles. The molecule has 1 aliphatic rings. The first kappa shape index (κ1) is 11.7. The fourth-order valence-corrected chi connectivity index (χ4v) is 2.37. The van der Waals surface area contributed by atoms with Gasteiger partial charge in [0.05, 0.1) is 0 Å². The number of rotatable bonds is 2. The van der Waals surface area contributed by atoms with Crippen LogP contribution in [0, 0.1) is 0 Å². The molecule has 1 aromatic heterocycles. The van der Waals surface area contributed by atoms with Crippen LogP contribution in [0.4, 0.5) is 0 Å². The molecule has 18 heavy (non-hydrogen) atoms. The highest BCUT2D eigenvalue weighted by Crippen LogP contribution is 2.15. The number of hydrogen-bond donors (Lipinski definition) is 1. The number of aromatic nitrogens is 3. The zero-order chi connectivity index (χ0) is 12.5. The molecule has 1 atom stereocenters. The first-order valence-electron chi connectivity index (χ1n) is 6.13. The second-order valence-corrected chi connectivity index (χ2v) is 5.16. The summed E-state index contributed by atoms with van der Waals surface area (Å²) in [5.74, 6) is 1.87. The molecule has 2 aromatic rings. The van der Waals surface area contributed by atoms with E-state index in [1.54, 1.807) is 0 Å². The maximum absolute atomic E-state index is 5.93. The Bertz CT molecular complexity index is 547. The van der Waals surface area contributed by atoms with Crippen molar-refractivity contribution in [2.45, 2.75) is 31.8 Å². The van der Waals surface area contributed by atoms with Gasteiger partial charge in [-0.1, -0.05) is 23.7 Å². The molecule has 1 unspecified atom stereocenters.